The van der Waals surface area contributed by atoms with Crippen LogP contribution >= 0.6 is 0 Å². The van der Waals surface area contributed by atoms with E-state index in [1.165, 1.54) is 0 Å². The van der Waals surface area contributed by atoms with Gasteiger partial charge in [0.2, 0.25) is 0 Å². The van der Waals surface area contributed by atoms with Gasteiger partial charge in [-0.3, -0.25) is 4.98 Å². The predicted octanol–water partition coefficient (Wildman–Crippen LogP) is 2.72. The number of ether oxygens (including phenoxy) is 2. The number of benzene rings is 1. The molecule has 0 bridgehead atoms. The summed E-state index contributed by atoms with van der Waals surface area (Å²) in [4.78, 5) is 4.14. The molecular weight excluding hydrogens is 240 g/mol. The van der Waals surface area contributed by atoms with Crippen LogP contribution in [0, 0.1) is 18.3 Å². The SMILES string of the molecule is Cc1ccc(OCCOc2ccc(C#N)cc2)cn1. The van der Waals surface area contributed by atoms with Crippen molar-refractivity contribution in [2.75, 3.05) is 13.2 Å². The first-order valence-corrected chi connectivity index (χ1v) is 5.96. The number of nitriles is 1. The van der Waals surface area contributed by atoms with Gasteiger partial charge in [0.25, 0.3) is 0 Å². The van der Waals surface area contributed by atoms with Crippen LogP contribution in [0.25, 0.3) is 0 Å². The molecule has 4 heteroatoms. The van der Waals surface area contributed by atoms with E-state index in [4.69, 9.17) is 14.7 Å². The van der Waals surface area contributed by atoms with Crippen molar-refractivity contribution < 1.29 is 9.47 Å². The summed E-state index contributed by atoms with van der Waals surface area (Å²) in [5, 5.41) is 8.67. The molecule has 19 heavy (non-hydrogen) atoms. The zero-order chi connectivity index (χ0) is 13.5. The van der Waals surface area contributed by atoms with E-state index in [-0.39, 0.29) is 0 Å². The van der Waals surface area contributed by atoms with Gasteiger partial charge in [-0.1, -0.05) is 0 Å². The molecule has 0 atom stereocenters. The third kappa shape index (κ3) is 4.00. The Morgan fingerprint density at radius 2 is 1.63 bits per heavy atom. The van der Waals surface area contributed by atoms with Gasteiger partial charge in [0.05, 0.1) is 17.8 Å². The van der Waals surface area contributed by atoms with Crippen LogP contribution in [-0.2, 0) is 0 Å². The predicted molar refractivity (Wildman–Crippen MR) is 71.1 cm³/mol. The van der Waals surface area contributed by atoms with Crippen LogP contribution in [0.15, 0.2) is 42.6 Å². The van der Waals surface area contributed by atoms with Gasteiger partial charge in [-0.15, -0.1) is 0 Å². The number of hydrogen-bond donors (Lipinski definition) is 0. The molecule has 0 amide bonds. The Morgan fingerprint density at radius 1 is 1.00 bits per heavy atom. The summed E-state index contributed by atoms with van der Waals surface area (Å²) in [5.41, 5.74) is 1.58. The summed E-state index contributed by atoms with van der Waals surface area (Å²) in [6, 6.07) is 12.8. The van der Waals surface area contributed by atoms with Crippen LogP contribution in [0.5, 0.6) is 11.5 Å². The number of pyridine rings is 1. The van der Waals surface area contributed by atoms with Gasteiger partial charge in [0.15, 0.2) is 0 Å². The highest BCUT2D eigenvalue weighted by Gasteiger charge is 1.97. The topological polar surface area (TPSA) is 55.1 Å². The molecule has 0 aliphatic heterocycles. The van der Waals surface area contributed by atoms with Crippen LogP contribution < -0.4 is 9.47 Å². The Bertz CT molecular complexity index is 556. The second-order valence-corrected chi connectivity index (χ2v) is 3.97. The Kier molecular flexibility index (Phi) is 4.35. The molecule has 1 aromatic heterocycles. The normalized spacial score (nSPS) is 9.68. The van der Waals surface area contributed by atoms with Crippen LogP contribution in [0.4, 0.5) is 0 Å². The van der Waals surface area contributed by atoms with Crippen molar-refractivity contribution in [1.29, 1.82) is 5.26 Å². The molecule has 0 radical (unpaired) electrons. The molecule has 0 aliphatic carbocycles. The van der Waals surface area contributed by atoms with E-state index in [1.807, 2.05) is 19.1 Å². The first-order valence-electron chi connectivity index (χ1n) is 5.96. The van der Waals surface area contributed by atoms with E-state index >= 15 is 0 Å². The molecule has 0 spiro atoms. The largest absolute Gasteiger partial charge is 0.490 e. The molecule has 1 heterocycles. The quantitative estimate of drug-likeness (QED) is 0.770. The summed E-state index contributed by atoms with van der Waals surface area (Å²) >= 11 is 0. The van der Waals surface area contributed by atoms with Crippen LogP contribution in [-0.4, -0.2) is 18.2 Å². The molecular formula is C15H14N2O2. The minimum absolute atomic E-state index is 0.444. The van der Waals surface area contributed by atoms with Crippen LogP contribution in [0.2, 0.25) is 0 Å². The molecule has 0 aliphatic rings. The summed E-state index contributed by atoms with van der Waals surface area (Å²) in [7, 11) is 0. The third-order valence-corrected chi connectivity index (χ3v) is 2.49. The van der Waals surface area contributed by atoms with Gasteiger partial charge in [0.1, 0.15) is 24.7 Å². The van der Waals surface area contributed by atoms with E-state index in [2.05, 4.69) is 11.1 Å². The summed E-state index contributed by atoms with van der Waals surface area (Å²) < 4.78 is 11.0. The lowest BCUT2D eigenvalue weighted by Gasteiger charge is -2.08. The van der Waals surface area contributed by atoms with Crippen molar-refractivity contribution in [1.82, 2.24) is 4.98 Å². The Labute approximate surface area is 112 Å². The Morgan fingerprint density at radius 3 is 2.21 bits per heavy atom. The van der Waals surface area contributed by atoms with Crippen LogP contribution in [0.1, 0.15) is 11.3 Å². The number of aromatic nitrogens is 1. The molecule has 0 unspecified atom stereocenters. The monoisotopic (exact) mass is 254 g/mol. The van der Waals surface area contributed by atoms with Crippen molar-refractivity contribution in [2.24, 2.45) is 0 Å². The fourth-order valence-electron chi connectivity index (χ4n) is 1.48. The maximum absolute atomic E-state index is 8.67. The summed E-state index contributed by atoms with van der Waals surface area (Å²) in [5.74, 6) is 1.46. The lowest BCUT2D eigenvalue weighted by Crippen LogP contribution is -2.09. The minimum atomic E-state index is 0.444. The fourth-order valence-corrected chi connectivity index (χ4v) is 1.48. The van der Waals surface area contributed by atoms with E-state index in [1.54, 1.807) is 30.5 Å². The second-order valence-electron chi connectivity index (χ2n) is 3.97. The molecule has 0 fully saturated rings. The maximum Gasteiger partial charge on any atom is 0.137 e. The van der Waals surface area contributed by atoms with Gasteiger partial charge in [-0.2, -0.15) is 5.26 Å². The van der Waals surface area contributed by atoms with E-state index in [0.717, 1.165) is 17.2 Å². The standard InChI is InChI=1S/C15H14N2O2/c1-12-2-5-15(11-17-12)19-9-8-18-14-6-3-13(10-16)4-7-14/h2-7,11H,8-9H2,1H3. The van der Waals surface area contributed by atoms with Crippen molar-refractivity contribution in [3.8, 4) is 17.6 Å². The Hall–Kier alpha value is -2.54. The average molecular weight is 254 g/mol. The molecule has 4 nitrogen and oxygen atoms in total. The molecule has 0 saturated heterocycles. The molecule has 1 aromatic carbocycles. The van der Waals surface area contributed by atoms with Crippen molar-refractivity contribution in [2.45, 2.75) is 6.92 Å². The summed E-state index contributed by atoms with van der Waals surface area (Å²) in [6.07, 6.45) is 1.69. The maximum atomic E-state index is 8.67. The molecule has 2 aromatic rings. The van der Waals surface area contributed by atoms with Crippen molar-refractivity contribution >= 4 is 0 Å². The second kappa shape index (κ2) is 6.41. The van der Waals surface area contributed by atoms with Crippen LogP contribution in [0.3, 0.4) is 0 Å². The molecule has 96 valence electrons. The van der Waals surface area contributed by atoms with Crippen molar-refractivity contribution in [3.63, 3.8) is 0 Å². The lowest BCUT2D eigenvalue weighted by molar-refractivity contribution is 0.216. The van der Waals surface area contributed by atoms with Gasteiger partial charge < -0.3 is 9.47 Å². The highest BCUT2D eigenvalue weighted by Crippen LogP contribution is 2.12. The van der Waals surface area contributed by atoms with Gasteiger partial charge in [-0.25, -0.2) is 0 Å². The minimum Gasteiger partial charge on any atom is -0.490 e. The van der Waals surface area contributed by atoms with E-state index in [0.29, 0.717) is 18.8 Å². The number of hydrogen-bond acceptors (Lipinski definition) is 4. The smallest absolute Gasteiger partial charge is 0.137 e. The fraction of sp³-hybridized carbons (Fsp3) is 0.200. The first-order chi connectivity index (χ1) is 9.28. The number of aryl methyl sites for hydroxylation is 1. The molecule has 0 saturated carbocycles. The van der Waals surface area contributed by atoms with Crippen molar-refractivity contribution in [3.05, 3.63) is 53.9 Å². The Balaban J connectivity index is 1.74. The number of nitrogens with zero attached hydrogens (tertiary/aromatic N) is 2. The average Bonchev–Trinajstić information content (AvgIpc) is 2.46. The summed E-state index contributed by atoms with van der Waals surface area (Å²) in [6.45, 7) is 2.82. The molecule has 0 N–H and O–H groups in total. The van der Waals surface area contributed by atoms with E-state index < -0.39 is 0 Å². The number of rotatable bonds is 5. The highest BCUT2D eigenvalue weighted by atomic mass is 16.5. The third-order valence-electron chi connectivity index (χ3n) is 2.49. The molecule has 2 rings (SSSR count). The zero-order valence-corrected chi connectivity index (χ0v) is 10.7. The van der Waals surface area contributed by atoms with E-state index in [9.17, 15) is 0 Å². The highest BCUT2D eigenvalue weighted by molar-refractivity contribution is 5.34. The zero-order valence-electron chi connectivity index (χ0n) is 10.7. The lowest BCUT2D eigenvalue weighted by atomic mass is 10.2. The van der Waals surface area contributed by atoms with Gasteiger partial charge in [0, 0.05) is 5.69 Å². The first kappa shape index (κ1) is 12.9. The van der Waals surface area contributed by atoms with Gasteiger partial charge >= 0.3 is 0 Å². The van der Waals surface area contributed by atoms with Gasteiger partial charge in [-0.05, 0) is 43.3 Å².